The lowest BCUT2D eigenvalue weighted by molar-refractivity contribution is 0.565. The number of benzene rings is 1. The van der Waals surface area contributed by atoms with Crippen molar-refractivity contribution in [2.45, 2.75) is 26.3 Å². The van der Waals surface area contributed by atoms with Crippen molar-refractivity contribution in [1.29, 1.82) is 0 Å². The van der Waals surface area contributed by atoms with Gasteiger partial charge in [0.1, 0.15) is 0 Å². The van der Waals surface area contributed by atoms with Gasteiger partial charge in [0.05, 0.1) is 0 Å². The Kier molecular flexibility index (Phi) is 5.59. The van der Waals surface area contributed by atoms with E-state index in [9.17, 15) is 0 Å². The molecule has 0 aliphatic heterocycles. The molecule has 0 radical (unpaired) electrons. The zero-order chi connectivity index (χ0) is 12.7. The van der Waals surface area contributed by atoms with Gasteiger partial charge in [-0.3, -0.25) is 0 Å². The lowest BCUT2D eigenvalue weighted by atomic mass is 10.0. The maximum absolute atomic E-state index is 3.48. The van der Waals surface area contributed by atoms with Gasteiger partial charge in [-0.2, -0.15) is 0 Å². The molecule has 0 heterocycles. The second kappa shape index (κ2) is 6.98. The first kappa shape index (κ1) is 13.6. The standard InChI is InChI=1S/C15H22N2/c1-5-7-11-15(16-6-2)13-9-8-10-14(12-13)17(3)4/h8-10,12,15-16H,6,11H2,1-4H3. The molecule has 2 nitrogen and oxygen atoms in total. The van der Waals surface area contributed by atoms with Crippen LogP contribution in [0.25, 0.3) is 0 Å². The van der Waals surface area contributed by atoms with Crippen molar-refractivity contribution in [3.05, 3.63) is 29.8 Å². The number of nitrogens with one attached hydrogen (secondary N) is 1. The fourth-order valence-electron chi connectivity index (χ4n) is 1.78. The highest BCUT2D eigenvalue weighted by Gasteiger charge is 2.09. The third-order valence-electron chi connectivity index (χ3n) is 2.72. The second-order valence-electron chi connectivity index (χ2n) is 4.23. The van der Waals surface area contributed by atoms with Gasteiger partial charge in [-0.15, -0.1) is 11.8 Å². The predicted molar refractivity (Wildman–Crippen MR) is 75.3 cm³/mol. The van der Waals surface area contributed by atoms with Crippen LogP contribution in [-0.2, 0) is 0 Å². The molecular formula is C15H22N2. The highest BCUT2D eigenvalue weighted by atomic mass is 15.1. The highest BCUT2D eigenvalue weighted by molar-refractivity contribution is 5.48. The van der Waals surface area contributed by atoms with Crippen LogP contribution in [0, 0.1) is 11.8 Å². The van der Waals surface area contributed by atoms with Gasteiger partial charge in [-0.25, -0.2) is 0 Å². The van der Waals surface area contributed by atoms with Crippen molar-refractivity contribution in [3.8, 4) is 11.8 Å². The van der Waals surface area contributed by atoms with Crippen molar-refractivity contribution in [3.63, 3.8) is 0 Å². The molecule has 17 heavy (non-hydrogen) atoms. The van der Waals surface area contributed by atoms with Gasteiger partial charge in [-0.05, 0) is 31.2 Å². The van der Waals surface area contributed by atoms with Crippen LogP contribution in [0.15, 0.2) is 24.3 Å². The summed E-state index contributed by atoms with van der Waals surface area (Å²) in [6, 6.07) is 8.95. The number of hydrogen-bond donors (Lipinski definition) is 1. The summed E-state index contributed by atoms with van der Waals surface area (Å²) >= 11 is 0. The summed E-state index contributed by atoms with van der Waals surface area (Å²) in [5.41, 5.74) is 2.54. The summed E-state index contributed by atoms with van der Waals surface area (Å²) in [4.78, 5) is 2.12. The molecule has 0 bridgehead atoms. The number of anilines is 1. The van der Waals surface area contributed by atoms with Crippen molar-refractivity contribution in [2.24, 2.45) is 0 Å². The quantitative estimate of drug-likeness (QED) is 0.782. The Morgan fingerprint density at radius 1 is 1.35 bits per heavy atom. The van der Waals surface area contributed by atoms with Crippen LogP contribution in [0.1, 0.15) is 31.9 Å². The fraction of sp³-hybridized carbons (Fsp3) is 0.467. The molecule has 0 saturated carbocycles. The smallest absolute Gasteiger partial charge is 0.0431 e. The van der Waals surface area contributed by atoms with E-state index in [1.807, 2.05) is 6.92 Å². The van der Waals surface area contributed by atoms with Gasteiger partial charge < -0.3 is 10.2 Å². The van der Waals surface area contributed by atoms with Gasteiger partial charge in [0.25, 0.3) is 0 Å². The topological polar surface area (TPSA) is 15.3 Å². The van der Waals surface area contributed by atoms with Crippen molar-refractivity contribution in [2.75, 3.05) is 25.5 Å². The van der Waals surface area contributed by atoms with Crippen LogP contribution in [-0.4, -0.2) is 20.6 Å². The third-order valence-corrected chi connectivity index (χ3v) is 2.72. The Hall–Kier alpha value is -1.46. The summed E-state index contributed by atoms with van der Waals surface area (Å²) in [6.45, 7) is 4.98. The van der Waals surface area contributed by atoms with Crippen molar-refractivity contribution < 1.29 is 0 Å². The van der Waals surface area contributed by atoms with Gasteiger partial charge >= 0.3 is 0 Å². The molecule has 0 aliphatic rings. The van der Waals surface area contributed by atoms with Crippen LogP contribution in [0.3, 0.4) is 0 Å². The van der Waals surface area contributed by atoms with E-state index in [4.69, 9.17) is 0 Å². The molecule has 92 valence electrons. The maximum Gasteiger partial charge on any atom is 0.0431 e. The Bertz CT molecular complexity index is 399. The van der Waals surface area contributed by atoms with Crippen LogP contribution >= 0.6 is 0 Å². The highest BCUT2D eigenvalue weighted by Crippen LogP contribution is 2.21. The molecule has 0 spiro atoms. The molecule has 0 amide bonds. The summed E-state index contributed by atoms with van der Waals surface area (Å²) in [6.07, 6.45) is 0.862. The molecule has 0 aromatic heterocycles. The number of rotatable bonds is 5. The van der Waals surface area contributed by atoms with E-state index < -0.39 is 0 Å². The normalized spacial score (nSPS) is 11.5. The molecule has 0 saturated heterocycles. The molecule has 1 unspecified atom stereocenters. The van der Waals surface area contributed by atoms with Crippen LogP contribution in [0.5, 0.6) is 0 Å². The van der Waals surface area contributed by atoms with Gasteiger partial charge in [0, 0.05) is 32.2 Å². The van der Waals surface area contributed by atoms with Crippen molar-refractivity contribution in [1.82, 2.24) is 5.32 Å². The Morgan fingerprint density at radius 3 is 2.71 bits per heavy atom. The minimum atomic E-state index is 0.326. The monoisotopic (exact) mass is 230 g/mol. The van der Waals surface area contributed by atoms with E-state index in [1.165, 1.54) is 11.3 Å². The molecule has 0 fully saturated rings. The van der Waals surface area contributed by atoms with Gasteiger partial charge in [0.2, 0.25) is 0 Å². The van der Waals surface area contributed by atoms with E-state index in [1.54, 1.807) is 0 Å². The van der Waals surface area contributed by atoms with E-state index >= 15 is 0 Å². The van der Waals surface area contributed by atoms with Crippen LogP contribution in [0.2, 0.25) is 0 Å². The lowest BCUT2D eigenvalue weighted by Crippen LogP contribution is -2.21. The Balaban J connectivity index is 2.91. The average molecular weight is 230 g/mol. The summed E-state index contributed by atoms with van der Waals surface area (Å²) in [5.74, 6) is 6.12. The van der Waals surface area contributed by atoms with Gasteiger partial charge in [0.15, 0.2) is 0 Å². The SMILES string of the molecule is CC#CCC(NCC)c1cccc(N(C)C)c1. The van der Waals surface area contributed by atoms with Crippen LogP contribution < -0.4 is 10.2 Å². The first-order valence-corrected chi connectivity index (χ1v) is 6.09. The lowest BCUT2D eigenvalue weighted by Gasteiger charge is -2.19. The van der Waals surface area contributed by atoms with E-state index in [-0.39, 0.29) is 0 Å². The van der Waals surface area contributed by atoms with Crippen LogP contribution in [0.4, 0.5) is 5.69 Å². The third kappa shape index (κ3) is 4.13. The zero-order valence-corrected chi connectivity index (χ0v) is 11.2. The van der Waals surface area contributed by atoms with E-state index in [2.05, 4.69) is 67.3 Å². The summed E-state index contributed by atoms with van der Waals surface area (Å²) in [7, 11) is 4.13. The maximum atomic E-state index is 3.48. The Labute approximate surface area is 105 Å². The molecule has 2 heteroatoms. The second-order valence-corrected chi connectivity index (χ2v) is 4.23. The molecule has 1 rings (SSSR count). The molecule has 1 aromatic rings. The number of hydrogen-bond acceptors (Lipinski definition) is 2. The van der Waals surface area contributed by atoms with E-state index in [0.717, 1.165) is 13.0 Å². The minimum absolute atomic E-state index is 0.326. The first-order valence-electron chi connectivity index (χ1n) is 6.09. The molecule has 0 aliphatic carbocycles. The molecular weight excluding hydrogens is 208 g/mol. The largest absolute Gasteiger partial charge is 0.378 e. The first-order chi connectivity index (χ1) is 8.19. The Morgan fingerprint density at radius 2 is 2.12 bits per heavy atom. The number of nitrogens with zero attached hydrogens (tertiary/aromatic N) is 1. The summed E-state index contributed by atoms with van der Waals surface area (Å²) in [5, 5.41) is 3.48. The molecule has 1 atom stereocenters. The zero-order valence-electron chi connectivity index (χ0n) is 11.2. The average Bonchev–Trinajstić information content (AvgIpc) is 2.34. The molecule has 1 aromatic carbocycles. The fourth-order valence-corrected chi connectivity index (χ4v) is 1.78. The molecule has 1 N–H and O–H groups in total. The van der Waals surface area contributed by atoms with Gasteiger partial charge in [-0.1, -0.05) is 19.1 Å². The predicted octanol–water partition coefficient (Wildman–Crippen LogP) is 2.82. The van der Waals surface area contributed by atoms with E-state index in [0.29, 0.717) is 6.04 Å². The van der Waals surface area contributed by atoms with Crippen molar-refractivity contribution >= 4 is 5.69 Å². The minimum Gasteiger partial charge on any atom is -0.378 e. The summed E-state index contributed by atoms with van der Waals surface area (Å²) < 4.78 is 0.